The zero-order chi connectivity index (χ0) is 17.1. The number of hydrogen-bond acceptors (Lipinski definition) is 4. The molecule has 1 amide bonds. The van der Waals surface area contributed by atoms with Gasteiger partial charge in [-0.2, -0.15) is 0 Å². The standard InChI is InChI=1S/C20H17N3OS/c24-20(14-25-18-5-10-22-11-6-18)23-12-7-17-13-16(1-2-19(17)23)15-3-8-21-9-4-15/h1-6,8-11,13H,7,12,14H2. The van der Waals surface area contributed by atoms with Gasteiger partial charge in [-0.1, -0.05) is 6.07 Å². The molecular weight excluding hydrogens is 330 g/mol. The van der Waals surface area contributed by atoms with Crippen molar-refractivity contribution in [1.82, 2.24) is 9.97 Å². The summed E-state index contributed by atoms with van der Waals surface area (Å²) in [5.41, 5.74) is 4.59. The molecule has 4 rings (SSSR count). The minimum Gasteiger partial charge on any atom is -0.311 e. The fraction of sp³-hybridized carbons (Fsp3) is 0.150. The highest BCUT2D eigenvalue weighted by Gasteiger charge is 2.24. The van der Waals surface area contributed by atoms with Gasteiger partial charge >= 0.3 is 0 Å². The van der Waals surface area contributed by atoms with Crippen molar-refractivity contribution in [2.24, 2.45) is 0 Å². The Kier molecular flexibility index (Phi) is 4.48. The average Bonchev–Trinajstić information content (AvgIpc) is 3.11. The van der Waals surface area contributed by atoms with Crippen molar-refractivity contribution in [3.05, 3.63) is 72.8 Å². The lowest BCUT2D eigenvalue weighted by molar-refractivity contribution is -0.116. The van der Waals surface area contributed by atoms with Gasteiger partial charge in [0.25, 0.3) is 0 Å². The summed E-state index contributed by atoms with van der Waals surface area (Å²) in [6.45, 7) is 0.755. The lowest BCUT2D eigenvalue weighted by Gasteiger charge is -2.17. The number of amides is 1. The highest BCUT2D eigenvalue weighted by molar-refractivity contribution is 8.00. The second-order valence-corrected chi connectivity index (χ2v) is 6.90. The lowest BCUT2D eigenvalue weighted by Crippen LogP contribution is -2.30. The monoisotopic (exact) mass is 347 g/mol. The Morgan fingerprint density at radius 3 is 2.44 bits per heavy atom. The van der Waals surface area contributed by atoms with Crippen LogP contribution in [0.5, 0.6) is 0 Å². The Bertz CT molecular complexity index is 884. The molecule has 0 N–H and O–H groups in total. The minimum atomic E-state index is 0.150. The Morgan fingerprint density at radius 2 is 1.68 bits per heavy atom. The van der Waals surface area contributed by atoms with Crippen LogP contribution in [0, 0.1) is 0 Å². The summed E-state index contributed by atoms with van der Waals surface area (Å²) in [6.07, 6.45) is 8.00. The van der Waals surface area contributed by atoms with Crippen molar-refractivity contribution >= 4 is 23.4 Å². The third kappa shape index (κ3) is 3.42. The van der Waals surface area contributed by atoms with Gasteiger partial charge < -0.3 is 4.90 Å². The lowest BCUT2D eigenvalue weighted by atomic mass is 10.0. The zero-order valence-electron chi connectivity index (χ0n) is 13.6. The molecule has 0 bridgehead atoms. The Morgan fingerprint density at radius 1 is 0.960 bits per heavy atom. The van der Waals surface area contributed by atoms with Gasteiger partial charge in [0.2, 0.25) is 5.91 Å². The zero-order valence-corrected chi connectivity index (χ0v) is 14.4. The fourth-order valence-electron chi connectivity index (χ4n) is 3.04. The van der Waals surface area contributed by atoms with Gasteiger partial charge in [0.1, 0.15) is 0 Å². The van der Waals surface area contributed by atoms with Crippen LogP contribution in [0.1, 0.15) is 5.56 Å². The Labute approximate surface area is 150 Å². The van der Waals surface area contributed by atoms with Crippen molar-refractivity contribution in [2.75, 3.05) is 17.2 Å². The first-order valence-corrected chi connectivity index (χ1v) is 9.16. The van der Waals surface area contributed by atoms with Gasteiger partial charge in [-0.3, -0.25) is 14.8 Å². The third-order valence-corrected chi connectivity index (χ3v) is 5.30. The van der Waals surface area contributed by atoms with Gasteiger partial charge in [0, 0.05) is 41.9 Å². The molecule has 1 aliphatic rings. The van der Waals surface area contributed by atoms with Crippen LogP contribution in [-0.2, 0) is 11.2 Å². The van der Waals surface area contributed by atoms with Gasteiger partial charge in [-0.25, -0.2) is 0 Å². The SMILES string of the molecule is O=C(CSc1ccncc1)N1CCc2cc(-c3ccncc3)ccc21. The number of fused-ring (bicyclic) bond motifs is 1. The van der Waals surface area contributed by atoms with Crippen LogP contribution >= 0.6 is 11.8 Å². The molecule has 3 aromatic rings. The number of carbonyl (C=O) groups excluding carboxylic acids is 1. The second kappa shape index (κ2) is 7.07. The van der Waals surface area contributed by atoms with Gasteiger partial charge in [-0.15, -0.1) is 11.8 Å². The largest absolute Gasteiger partial charge is 0.311 e. The third-order valence-electron chi connectivity index (χ3n) is 4.30. The topological polar surface area (TPSA) is 46.1 Å². The highest BCUT2D eigenvalue weighted by atomic mass is 32.2. The summed E-state index contributed by atoms with van der Waals surface area (Å²) in [5, 5.41) is 0. The van der Waals surface area contributed by atoms with Crippen LogP contribution in [0.25, 0.3) is 11.1 Å². The highest BCUT2D eigenvalue weighted by Crippen LogP contribution is 2.33. The van der Waals surface area contributed by atoms with E-state index in [0.717, 1.165) is 29.1 Å². The van der Waals surface area contributed by atoms with Crippen LogP contribution in [0.3, 0.4) is 0 Å². The number of carbonyl (C=O) groups is 1. The van der Waals surface area contributed by atoms with E-state index in [1.54, 1.807) is 36.5 Å². The summed E-state index contributed by atoms with van der Waals surface area (Å²) >= 11 is 1.55. The van der Waals surface area contributed by atoms with E-state index < -0.39 is 0 Å². The molecule has 124 valence electrons. The summed E-state index contributed by atoms with van der Waals surface area (Å²) in [4.78, 5) is 23.7. The van der Waals surface area contributed by atoms with E-state index >= 15 is 0 Å². The van der Waals surface area contributed by atoms with E-state index in [1.165, 1.54) is 11.1 Å². The molecule has 1 aliphatic heterocycles. The summed E-state index contributed by atoms with van der Waals surface area (Å²) in [5.74, 6) is 0.590. The number of nitrogens with zero attached hydrogens (tertiary/aromatic N) is 3. The van der Waals surface area contributed by atoms with Crippen LogP contribution in [0.2, 0.25) is 0 Å². The minimum absolute atomic E-state index is 0.150. The molecule has 25 heavy (non-hydrogen) atoms. The maximum atomic E-state index is 12.6. The van der Waals surface area contributed by atoms with E-state index in [0.29, 0.717) is 5.75 Å². The summed E-state index contributed by atoms with van der Waals surface area (Å²) < 4.78 is 0. The summed E-state index contributed by atoms with van der Waals surface area (Å²) in [7, 11) is 0. The van der Waals surface area contributed by atoms with Crippen LogP contribution in [0.15, 0.2) is 72.1 Å². The molecule has 0 spiro atoms. The van der Waals surface area contributed by atoms with Crippen molar-refractivity contribution in [3.8, 4) is 11.1 Å². The molecule has 0 radical (unpaired) electrons. The molecule has 3 heterocycles. The normalized spacial score (nSPS) is 12.9. The molecule has 4 nitrogen and oxygen atoms in total. The summed E-state index contributed by atoms with van der Waals surface area (Å²) in [6, 6.07) is 14.2. The van der Waals surface area contributed by atoms with Crippen molar-refractivity contribution in [2.45, 2.75) is 11.3 Å². The molecule has 0 aliphatic carbocycles. The van der Waals surface area contributed by atoms with E-state index in [-0.39, 0.29) is 5.91 Å². The van der Waals surface area contributed by atoms with E-state index in [4.69, 9.17) is 0 Å². The van der Waals surface area contributed by atoms with Crippen molar-refractivity contribution < 1.29 is 4.79 Å². The molecule has 0 fully saturated rings. The molecule has 0 atom stereocenters. The second-order valence-electron chi connectivity index (χ2n) is 5.85. The fourth-order valence-corrected chi connectivity index (χ4v) is 3.80. The quantitative estimate of drug-likeness (QED) is 0.673. The van der Waals surface area contributed by atoms with Gasteiger partial charge in [0.15, 0.2) is 0 Å². The molecule has 0 saturated heterocycles. The van der Waals surface area contributed by atoms with Gasteiger partial charge in [0.05, 0.1) is 5.75 Å². The number of anilines is 1. The molecule has 0 unspecified atom stereocenters. The van der Waals surface area contributed by atoms with Crippen LogP contribution < -0.4 is 4.90 Å². The Balaban J connectivity index is 1.49. The van der Waals surface area contributed by atoms with Crippen LogP contribution in [0.4, 0.5) is 5.69 Å². The predicted octanol–water partition coefficient (Wildman–Crippen LogP) is 3.83. The van der Waals surface area contributed by atoms with Crippen molar-refractivity contribution in [1.29, 1.82) is 0 Å². The number of rotatable bonds is 4. The smallest absolute Gasteiger partial charge is 0.237 e. The number of pyridine rings is 2. The molecule has 5 heteroatoms. The number of benzene rings is 1. The average molecular weight is 347 g/mol. The first kappa shape index (κ1) is 15.8. The molecule has 0 saturated carbocycles. The van der Waals surface area contributed by atoms with Gasteiger partial charge in [-0.05, 0) is 59.5 Å². The van der Waals surface area contributed by atoms with Crippen molar-refractivity contribution in [3.63, 3.8) is 0 Å². The first-order valence-electron chi connectivity index (χ1n) is 8.18. The Hall–Kier alpha value is -2.66. The maximum absolute atomic E-state index is 12.6. The van der Waals surface area contributed by atoms with E-state index in [9.17, 15) is 4.79 Å². The number of thioether (sulfide) groups is 1. The maximum Gasteiger partial charge on any atom is 0.237 e. The van der Waals surface area contributed by atoms with E-state index in [2.05, 4.69) is 28.2 Å². The predicted molar refractivity (Wildman–Crippen MR) is 101 cm³/mol. The van der Waals surface area contributed by atoms with E-state index in [1.807, 2.05) is 29.2 Å². The van der Waals surface area contributed by atoms with Crippen LogP contribution in [-0.4, -0.2) is 28.2 Å². The molecule has 1 aromatic carbocycles. The first-order chi connectivity index (χ1) is 12.3. The molecule has 2 aromatic heterocycles. The number of aromatic nitrogens is 2. The molecular formula is C20H17N3OS. The number of hydrogen-bond donors (Lipinski definition) is 0.